The van der Waals surface area contributed by atoms with Crippen LogP contribution in [0.1, 0.15) is 44.7 Å². The van der Waals surface area contributed by atoms with Gasteiger partial charge in [-0.2, -0.15) is 0 Å². The van der Waals surface area contributed by atoms with Gasteiger partial charge in [0.15, 0.2) is 0 Å². The maximum atomic E-state index is 14.8. The molecule has 2 heterocycles. The van der Waals surface area contributed by atoms with E-state index in [1.54, 1.807) is 36.4 Å². The molecule has 9 heteroatoms. The van der Waals surface area contributed by atoms with Crippen molar-refractivity contribution in [2.45, 2.75) is 19.8 Å². The van der Waals surface area contributed by atoms with Crippen LogP contribution in [-0.4, -0.2) is 40.6 Å². The lowest BCUT2D eigenvalue weighted by Crippen LogP contribution is -2.28. The van der Waals surface area contributed by atoms with E-state index >= 15 is 0 Å². The van der Waals surface area contributed by atoms with Gasteiger partial charge in [-0.05, 0) is 56.2 Å². The Balaban J connectivity index is 1.53. The van der Waals surface area contributed by atoms with Crippen LogP contribution in [0.2, 0.25) is 5.02 Å². The summed E-state index contributed by atoms with van der Waals surface area (Å²) in [6, 6.07) is 12.2. The molecular weight excluding hydrogens is 457 g/mol. The second-order valence-electron chi connectivity index (χ2n) is 8.06. The number of hydrogen-bond donors (Lipinski definition) is 3. The minimum Gasteiger partial charge on any atom is -0.357 e. The molecule has 2 aromatic carbocycles. The summed E-state index contributed by atoms with van der Waals surface area (Å²) in [5, 5.41) is 14.0. The van der Waals surface area contributed by atoms with Crippen LogP contribution in [0.5, 0.6) is 0 Å². The number of halogens is 2. The average Bonchev–Trinajstić information content (AvgIpc) is 3.36. The van der Waals surface area contributed by atoms with Crippen molar-refractivity contribution >= 4 is 40.8 Å². The number of aromatic nitrogens is 1. The molecule has 0 aliphatic carbocycles. The summed E-state index contributed by atoms with van der Waals surface area (Å²) >= 11 is 5.83. The summed E-state index contributed by atoms with van der Waals surface area (Å²) in [5.74, 6) is -1.36. The Hall–Kier alpha value is -3.78. The lowest BCUT2D eigenvalue weighted by atomic mass is 10.1. The number of carbonyl (C=O) groups excluding carboxylic acids is 2. The zero-order valence-electron chi connectivity index (χ0n) is 18.5. The Bertz CT molecular complexity index is 1260. The lowest BCUT2D eigenvalue weighted by molar-refractivity contribution is 0.102. The van der Waals surface area contributed by atoms with Gasteiger partial charge in [-0.1, -0.05) is 29.3 Å². The number of amides is 2. The van der Waals surface area contributed by atoms with Gasteiger partial charge in [-0.15, -0.1) is 0 Å². The topological polar surface area (TPSA) is 98.2 Å². The highest BCUT2D eigenvalue weighted by atomic mass is 35.5. The summed E-state index contributed by atoms with van der Waals surface area (Å²) in [6.45, 7) is 3.36. The molecule has 3 aromatic rings. The predicted molar refractivity (Wildman–Crippen MR) is 130 cm³/mol. The van der Waals surface area contributed by atoms with Crippen molar-refractivity contribution in [1.82, 2.24) is 9.88 Å². The van der Waals surface area contributed by atoms with Crippen molar-refractivity contribution in [3.8, 4) is 0 Å². The number of nitrogens with zero attached hydrogens (tertiary/aromatic N) is 2. The van der Waals surface area contributed by atoms with E-state index in [0.717, 1.165) is 31.5 Å². The second kappa shape index (κ2) is 10.0. The van der Waals surface area contributed by atoms with Gasteiger partial charge in [0.25, 0.3) is 11.8 Å². The highest BCUT2D eigenvalue weighted by Gasteiger charge is 2.21. The van der Waals surface area contributed by atoms with Gasteiger partial charge in [0.1, 0.15) is 17.5 Å². The zero-order chi connectivity index (χ0) is 24.2. The van der Waals surface area contributed by atoms with Crippen LogP contribution >= 0.6 is 11.6 Å². The van der Waals surface area contributed by atoms with E-state index in [4.69, 9.17) is 17.0 Å². The molecule has 1 aromatic heterocycles. The number of rotatable bonds is 5. The first kappa shape index (κ1) is 23.4. The SMILES string of the molecule is Cc1ccc(NC(=O)c2ccc(C(=N)N3CCCC3)cc2F)c(C(=O)Nc2ccc(Cl)cn2)c1. The molecule has 1 saturated heterocycles. The van der Waals surface area contributed by atoms with E-state index in [2.05, 4.69) is 15.6 Å². The second-order valence-corrected chi connectivity index (χ2v) is 8.49. The van der Waals surface area contributed by atoms with Crippen molar-refractivity contribution < 1.29 is 14.0 Å². The minimum absolute atomic E-state index is 0.177. The van der Waals surface area contributed by atoms with E-state index in [-0.39, 0.29) is 22.6 Å². The molecule has 4 rings (SSSR count). The van der Waals surface area contributed by atoms with Crippen LogP contribution < -0.4 is 10.6 Å². The first-order chi connectivity index (χ1) is 16.3. The van der Waals surface area contributed by atoms with Crippen molar-refractivity contribution in [1.29, 1.82) is 5.41 Å². The summed E-state index contributed by atoms with van der Waals surface area (Å²) < 4.78 is 14.8. The van der Waals surface area contributed by atoms with Crippen molar-refractivity contribution in [2.24, 2.45) is 0 Å². The van der Waals surface area contributed by atoms with E-state index in [1.165, 1.54) is 18.3 Å². The van der Waals surface area contributed by atoms with Crippen molar-refractivity contribution in [3.05, 3.63) is 87.8 Å². The molecule has 3 N–H and O–H groups in total. The maximum absolute atomic E-state index is 14.8. The summed E-state index contributed by atoms with van der Waals surface area (Å²) in [7, 11) is 0. The number of nitrogens with one attached hydrogen (secondary N) is 3. The molecule has 0 bridgehead atoms. The Labute approximate surface area is 201 Å². The van der Waals surface area contributed by atoms with Gasteiger partial charge in [-0.25, -0.2) is 9.37 Å². The first-order valence-electron chi connectivity index (χ1n) is 10.8. The normalized spacial score (nSPS) is 13.0. The van der Waals surface area contributed by atoms with Crippen LogP contribution in [0.15, 0.2) is 54.7 Å². The van der Waals surface area contributed by atoms with Crippen molar-refractivity contribution in [2.75, 3.05) is 23.7 Å². The Morgan fingerprint density at radius 2 is 1.74 bits per heavy atom. The highest BCUT2D eigenvalue weighted by Crippen LogP contribution is 2.22. The number of carbonyl (C=O) groups is 2. The average molecular weight is 480 g/mol. The molecule has 7 nitrogen and oxygen atoms in total. The van der Waals surface area contributed by atoms with Gasteiger partial charge in [0.2, 0.25) is 0 Å². The highest BCUT2D eigenvalue weighted by molar-refractivity contribution is 6.30. The van der Waals surface area contributed by atoms with Gasteiger partial charge in [0.05, 0.1) is 21.8 Å². The number of aryl methyl sites for hydroxylation is 1. The molecule has 1 aliphatic rings. The predicted octanol–water partition coefficient (Wildman–Crippen LogP) is 5.11. The number of anilines is 2. The van der Waals surface area contributed by atoms with Gasteiger partial charge >= 0.3 is 0 Å². The molecule has 0 radical (unpaired) electrons. The summed E-state index contributed by atoms with van der Waals surface area (Å²) in [4.78, 5) is 31.7. The number of pyridine rings is 1. The molecule has 1 fully saturated rings. The lowest BCUT2D eigenvalue weighted by Gasteiger charge is -2.19. The molecule has 1 aliphatic heterocycles. The van der Waals surface area contributed by atoms with Crippen LogP contribution in [0.4, 0.5) is 15.9 Å². The third-order valence-corrected chi connectivity index (χ3v) is 5.77. The first-order valence-corrected chi connectivity index (χ1v) is 11.2. The van der Waals surface area contributed by atoms with Crippen LogP contribution in [-0.2, 0) is 0 Å². The van der Waals surface area contributed by atoms with E-state index in [1.807, 2.05) is 11.8 Å². The van der Waals surface area contributed by atoms with E-state index < -0.39 is 17.6 Å². The Morgan fingerprint density at radius 1 is 1.00 bits per heavy atom. The number of benzene rings is 2. The van der Waals surface area contributed by atoms with Crippen molar-refractivity contribution in [3.63, 3.8) is 0 Å². The smallest absolute Gasteiger partial charge is 0.258 e. The van der Waals surface area contributed by atoms with Gasteiger partial charge < -0.3 is 15.5 Å². The maximum Gasteiger partial charge on any atom is 0.258 e. The molecule has 0 unspecified atom stereocenters. The minimum atomic E-state index is -0.734. The zero-order valence-corrected chi connectivity index (χ0v) is 19.2. The van der Waals surface area contributed by atoms with Crippen LogP contribution in [0.25, 0.3) is 0 Å². The molecule has 2 amide bonds. The fourth-order valence-corrected chi connectivity index (χ4v) is 3.86. The molecule has 0 saturated carbocycles. The van der Waals surface area contributed by atoms with Crippen LogP contribution in [0.3, 0.4) is 0 Å². The Morgan fingerprint density at radius 3 is 2.41 bits per heavy atom. The number of amidine groups is 1. The third kappa shape index (κ3) is 5.23. The molecule has 0 spiro atoms. The Kier molecular flexibility index (Phi) is 6.88. The standard InChI is InChI=1S/C25H23ClFN5O2/c1-15-4-8-21(19(12-15)25(34)31-22-9-6-17(26)14-29-22)30-24(33)18-7-5-16(13-20(18)27)23(28)32-10-2-3-11-32/h4-9,12-14,28H,2-3,10-11H2,1H3,(H,30,33)(H,29,31,34). The van der Waals surface area contributed by atoms with Crippen LogP contribution in [0, 0.1) is 18.2 Å². The van der Waals surface area contributed by atoms with Gasteiger partial charge in [0, 0.05) is 24.8 Å². The largest absolute Gasteiger partial charge is 0.357 e. The molecule has 174 valence electrons. The number of hydrogen-bond acceptors (Lipinski definition) is 4. The molecule has 0 atom stereocenters. The third-order valence-electron chi connectivity index (χ3n) is 5.55. The number of likely N-dealkylation sites (tertiary alicyclic amines) is 1. The molecule has 34 heavy (non-hydrogen) atoms. The quantitative estimate of drug-likeness (QED) is 0.350. The summed E-state index contributed by atoms with van der Waals surface area (Å²) in [5.41, 5.74) is 1.49. The fraction of sp³-hybridized carbons (Fsp3) is 0.200. The van der Waals surface area contributed by atoms with Gasteiger partial charge in [-0.3, -0.25) is 15.0 Å². The monoisotopic (exact) mass is 479 g/mol. The summed E-state index contributed by atoms with van der Waals surface area (Å²) in [6.07, 6.45) is 3.42. The molecular formula is C25H23ClFN5O2. The fourth-order valence-electron chi connectivity index (χ4n) is 3.75. The van der Waals surface area contributed by atoms with E-state index in [9.17, 15) is 14.0 Å². The van der Waals surface area contributed by atoms with E-state index in [0.29, 0.717) is 16.4 Å².